The molecule has 19 heavy (non-hydrogen) atoms. The predicted octanol–water partition coefficient (Wildman–Crippen LogP) is 0.520. The highest BCUT2D eigenvalue weighted by molar-refractivity contribution is 7.86. The molecule has 0 spiro atoms. The van der Waals surface area contributed by atoms with E-state index >= 15 is 0 Å². The number of rotatable bonds is 7. The van der Waals surface area contributed by atoms with Crippen LogP contribution < -0.4 is 0 Å². The molecule has 0 aliphatic rings. The number of carbonyl (C=O) groups excluding carboxylic acids is 2. The lowest BCUT2D eigenvalue weighted by atomic mass is 10.4. The summed E-state index contributed by atoms with van der Waals surface area (Å²) in [6, 6.07) is 0. The van der Waals surface area contributed by atoms with Crippen molar-refractivity contribution in [1.82, 2.24) is 0 Å². The van der Waals surface area contributed by atoms with E-state index in [-0.39, 0.29) is 5.57 Å². The van der Waals surface area contributed by atoms with Crippen LogP contribution in [-0.4, -0.2) is 43.4 Å². The standard InChI is InChI=1S/C9H12F2O7S/c1-6(2)8(13)18-4-3-17-7(12)5-9(10,11)19(14,15)16/h1,3-5H2,2H3,(H,14,15,16). The second-order valence-electron chi connectivity index (χ2n) is 3.43. The van der Waals surface area contributed by atoms with E-state index in [0.29, 0.717) is 0 Å². The summed E-state index contributed by atoms with van der Waals surface area (Å²) in [7, 11) is -5.68. The second kappa shape index (κ2) is 6.57. The molecule has 10 heteroatoms. The summed E-state index contributed by atoms with van der Waals surface area (Å²) in [6.45, 7) is 3.72. The monoisotopic (exact) mass is 302 g/mol. The normalized spacial score (nSPS) is 11.8. The van der Waals surface area contributed by atoms with E-state index in [1.165, 1.54) is 6.92 Å². The summed E-state index contributed by atoms with van der Waals surface area (Å²) >= 11 is 0. The quantitative estimate of drug-likeness (QED) is 0.316. The highest BCUT2D eigenvalue weighted by Crippen LogP contribution is 2.24. The van der Waals surface area contributed by atoms with E-state index in [1.807, 2.05) is 0 Å². The largest absolute Gasteiger partial charge is 0.462 e. The van der Waals surface area contributed by atoms with Crippen LogP contribution in [0.1, 0.15) is 13.3 Å². The third-order valence-electron chi connectivity index (χ3n) is 1.66. The third kappa shape index (κ3) is 6.25. The van der Waals surface area contributed by atoms with E-state index in [1.54, 1.807) is 0 Å². The van der Waals surface area contributed by atoms with Crippen LogP contribution in [0.4, 0.5) is 8.78 Å². The lowest BCUT2D eigenvalue weighted by molar-refractivity contribution is -0.153. The molecule has 0 saturated heterocycles. The van der Waals surface area contributed by atoms with E-state index in [9.17, 15) is 26.8 Å². The van der Waals surface area contributed by atoms with Crippen LogP contribution in [0.2, 0.25) is 0 Å². The minimum Gasteiger partial charge on any atom is -0.462 e. The molecule has 7 nitrogen and oxygen atoms in total. The maximum atomic E-state index is 12.7. The Kier molecular flexibility index (Phi) is 6.03. The minimum atomic E-state index is -5.68. The van der Waals surface area contributed by atoms with E-state index in [0.717, 1.165) is 0 Å². The molecule has 0 radical (unpaired) electrons. The molecule has 0 fully saturated rings. The smallest absolute Gasteiger partial charge is 0.380 e. The lowest BCUT2D eigenvalue weighted by Gasteiger charge is -2.12. The predicted molar refractivity (Wildman–Crippen MR) is 57.8 cm³/mol. The van der Waals surface area contributed by atoms with Gasteiger partial charge in [-0.1, -0.05) is 6.58 Å². The molecule has 0 amide bonds. The molecule has 0 bridgehead atoms. The van der Waals surface area contributed by atoms with Gasteiger partial charge in [0.15, 0.2) is 0 Å². The Morgan fingerprint density at radius 1 is 1.26 bits per heavy atom. The molecule has 1 N–H and O–H groups in total. The summed E-state index contributed by atoms with van der Waals surface area (Å²) in [5, 5.41) is -4.63. The molecule has 0 aliphatic heterocycles. The van der Waals surface area contributed by atoms with Crippen molar-refractivity contribution >= 4 is 22.1 Å². The van der Waals surface area contributed by atoms with Crippen LogP contribution in [0, 0.1) is 0 Å². The first-order chi connectivity index (χ1) is 8.47. The number of alkyl halides is 2. The first-order valence-corrected chi connectivity index (χ1v) is 6.24. The molecule has 0 atom stereocenters. The van der Waals surface area contributed by atoms with Crippen molar-refractivity contribution in [2.24, 2.45) is 0 Å². The SMILES string of the molecule is C=C(C)C(=O)OCCOC(=O)CC(F)(F)S(=O)(=O)O. The number of carbonyl (C=O) groups is 2. The average Bonchev–Trinajstić information content (AvgIpc) is 2.21. The number of ether oxygens (including phenoxy) is 2. The van der Waals surface area contributed by atoms with Crippen LogP contribution in [0.15, 0.2) is 12.2 Å². The molecule has 0 aromatic heterocycles. The zero-order valence-electron chi connectivity index (χ0n) is 9.89. The highest BCUT2D eigenvalue weighted by Gasteiger charge is 2.46. The first-order valence-electron chi connectivity index (χ1n) is 4.80. The van der Waals surface area contributed by atoms with Gasteiger partial charge in [0.1, 0.15) is 19.6 Å². The fourth-order valence-electron chi connectivity index (χ4n) is 0.723. The van der Waals surface area contributed by atoms with Crippen molar-refractivity contribution in [3.8, 4) is 0 Å². The molecule has 0 rings (SSSR count). The molecule has 110 valence electrons. The molecular formula is C9H12F2O7S. The average molecular weight is 302 g/mol. The van der Waals surface area contributed by atoms with Crippen LogP contribution in [0.3, 0.4) is 0 Å². The number of halogens is 2. The fraction of sp³-hybridized carbons (Fsp3) is 0.556. The number of hydrogen-bond donors (Lipinski definition) is 1. The topological polar surface area (TPSA) is 107 Å². The van der Waals surface area contributed by atoms with Gasteiger partial charge in [-0.25, -0.2) is 4.79 Å². The Balaban J connectivity index is 4.09. The second-order valence-corrected chi connectivity index (χ2v) is 4.97. The summed E-state index contributed by atoms with van der Waals surface area (Å²) < 4.78 is 62.6. The van der Waals surface area contributed by atoms with Crippen molar-refractivity contribution in [2.75, 3.05) is 13.2 Å². The van der Waals surface area contributed by atoms with Gasteiger partial charge in [0.25, 0.3) is 0 Å². The van der Waals surface area contributed by atoms with E-state index < -0.39 is 46.9 Å². The van der Waals surface area contributed by atoms with Gasteiger partial charge >= 0.3 is 27.3 Å². The van der Waals surface area contributed by atoms with Crippen LogP contribution in [-0.2, 0) is 29.2 Å². The molecule has 0 aliphatic carbocycles. The number of hydrogen-bond acceptors (Lipinski definition) is 6. The van der Waals surface area contributed by atoms with E-state index in [2.05, 4.69) is 16.1 Å². The Bertz CT molecular complexity index is 469. The van der Waals surface area contributed by atoms with Crippen molar-refractivity contribution < 1.29 is 40.8 Å². The van der Waals surface area contributed by atoms with Gasteiger partial charge in [-0.3, -0.25) is 9.35 Å². The first kappa shape index (κ1) is 17.4. The Morgan fingerprint density at radius 2 is 1.74 bits per heavy atom. The minimum absolute atomic E-state index is 0.101. The molecule has 0 aromatic rings. The van der Waals surface area contributed by atoms with Crippen molar-refractivity contribution in [3.05, 3.63) is 12.2 Å². The molecular weight excluding hydrogens is 290 g/mol. The van der Waals surface area contributed by atoms with Crippen LogP contribution in [0.5, 0.6) is 0 Å². The lowest BCUT2D eigenvalue weighted by Crippen LogP contribution is -2.32. The van der Waals surface area contributed by atoms with Crippen molar-refractivity contribution in [2.45, 2.75) is 18.6 Å². The molecule has 0 saturated carbocycles. The zero-order valence-corrected chi connectivity index (χ0v) is 10.7. The van der Waals surface area contributed by atoms with Gasteiger partial charge in [-0.05, 0) is 6.92 Å². The van der Waals surface area contributed by atoms with Gasteiger partial charge in [0, 0.05) is 5.57 Å². The third-order valence-corrected chi connectivity index (χ3v) is 2.55. The fourth-order valence-corrected chi connectivity index (χ4v) is 1.02. The Morgan fingerprint density at radius 3 is 2.16 bits per heavy atom. The maximum absolute atomic E-state index is 12.7. The number of esters is 2. The highest BCUT2D eigenvalue weighted by atomic mass is 32.2. The van der Waals surface area contributed by atoms with Gasteiger partial charge < -0.3 is 9.47 Å². The van der Waals surface area contributed by atoms with Gasteiger partial charge in [-0.15, -0.1) is 0 Å². The van der Waals surface area contributed by atoms with Gasteiger partial charge in [0.05, 0.1) is 0 Å². The molecule has 0 heterocycles. The van der Waals surface area contributed by atoms with Crippen molar-refractivity contribution in [3.63, 3.8) is 0 Å². The summed E-state index contributed by atoms with van der Waals surface area (Å²) in [5.41, 5.74) is 0.101. The zero-order chi connectivity index (χ0) is 15.3. The van der Waals surface area contributed by atoms with Gasteiger partial charge in [0.2, 0.25) is 0 Å². The molecule has 0 aromatic carbocycles. The summed E-state index contributed by atoms with van der Waals surface area (Å²) in [6.07, 6.45) is -1.83. The van der Waals surface area contributed by atoms with Crippen molar-refractivity contribution in [1.29, 1.82) is 0 Å². The van der Waals surface area contributed by atoms with Crippen LogP contribution >= 0.6 is 0 Å². The van der Waals surface area contributed by atoms with Gasteiger partial charge in [-0.2, -0.15) is 17.2 Å². The maximum Gasteiger partial charge on any atom is 0.380 e. The molecule has 0 unspecified atom stereocenters. The van der Waals surface area contributed by atoms with E-state index in [4.69, 9.17) is 4.55 Å². The Labute approximate surface area is 107 Å². The summed E-state index contributed by atoms with van der Waals surface area (Å²) in [5.74, 6) is -2.31. The van der Waals surface area contributed by atoms with Crippen LogP contribution in [0.25, 0.3) is 0 Å². The summed E-state index contributed by atoms with van der Waals surface area (Å²) in [4.78, 5) is 21.7. The Hall–Kier alpha value is -1.55.